The van der Waals surface area contributed by atoms with E-state index in [4.69, 9.17) is 17.3 Å². The van der Waals surface area contributed by atoms with Gasteiger partial charge in [-0.2, -0.15) is 0 Å². The molecule has 0 saturated heterocycles. The lowest BCUT2D eigenvalue weighted by Crippen LogP contribution is -2.51. The molecule has 2 rings (SSSR count). The monoisotopic (exact) mass is 329 g/mol. The number of nitrogens with two attached hydrogens (primary N) is 1. The Bertz CT molecular complexity index is 435. The molecule has 3 heteroatoms. The summed E-state index contributed by atoms with van der Waals surface area (Å²) < 4.78 is 1.02. The van der Waals surface area contributed by atoms with E-state index in [1.54, 1.807) is 0 Å². The molecule has 0 radical (unpaired) electrons. The van der Waals surface area contributed by atoms with Crippen LogP contribution in [0.1, 0.15) is 38.7 Å². The minimum absolute atomic E-state index is 0.0933. The maximum Gasteiger partial charge on any atom is 0.0449 e. The van der Waals surface area contributed by atoms with E-state index in [9.17, 15) is 0 Å². The van der Waals surface area contributed by atoms with Gasteiger partial charge in [0.05, 0.1) is 0 Å². The van der Waals surface area contributed by atoms with Crippen LogP contribution in [0.5, 0.6) is 0 Å². The maximum absolute atomic E-state index is 6.63. The minimum atomic E-state index is -0.0933. The van der Waals surface area contributed by atoms with Gasteiger partial charge in [0.15, 0.2) is 0 Å². The quantitative estimate of drug-likeness (QED) is 0.828. The van der Waals surface area contributed by atoms with E-state index >= 15 is 0 Å². The summed E-state index contributed by atoms with van der Waals surface area (Å²) in [6.45, 7) is 4.60. The van der Waals surface area contributed by atoms with Crippen molar-refractivity contribution in [3.05, 3.63) is 33.3 Å². The van der Waals surface area contributed by atoms with Crippen LogP contribution in [-0.4, -0.2) is 5.54 Å². The van der Waals surface area contributed by atoms with Crippen molar-refractivity contribution in [3.8, 4) is 0 Å². The third-order valence-corrected chi connectivity index (χ3v) is 5.22. The molecule has 0 aliphatic heterocycles. The van der Waals surface area contributed by atoms with Gasteiger partial charge in [0.2, 0.25) is 0 Å². The van der Waals surface area contributed by atoms with E-state index in [1.165, 1.54) is 18.4 Å². The van der Waals surface area contributed by atoms with E-state index < -0.39 is 0 Å². The molecule has 1 nitrogen and oxygen atoms in total. The van der Waals surface area contributed by atoms with Gasteiger partial charge in [-0.25, -0.2) is 0 Å². The first-order valence-corrected chi connectivity index (χ1v) is 7.80. The second-order valence-electron chi connectivity index (χ2n) is 5.93. The van der Waals surface area contributed by atoms with Crippen molar-refractivity contribution in [3.63, 3.8) is 0 Å². The van der Waals surface area contributed by atoms with E-state index in [0.717, 1.165) is 28.3 Å². The molecule has 1 aromatic rings. The van der Waals surface area contributed by atoms with Crippen molar-refractivity contribution < 1.29 is 0 Å². The molecule has 1 aromatic carbocycles. The summed E-state index contributed by atoms with van der Waals surface area (Å²) in [4.78, 5) is 0. The van der Waals surface area contributed by atoms with Gasteiger partial charge >= 0.3 is 0 Å². The van der Waals surface area contributed by atoms with Gasteiger partial charge in [0.25, 0.3) is 0 Å². The van der Waals surface area contributed by atoms with Crippen LogP contribution >= 0.6 is 27.5 Å². The van der Waals surface area contributed by atoms with E-state index in [2.05, 4.69) is 35.8 Å². The predicted molar refractivity (Wildman–Crippen MR) is 82.0 cm³/mol. The summed E-state index contributed by atoms with van der Waals surface area (Å²) >= 11 is 9.74. The number of benzene rings is 1. The van der Waals surface area contributed by atoms with Gasteiger partial charge < -0.3 is 5.73 Å². The second-order valence-corrected chi connectivity index (χ2v) is 7.25. The molecule has 1 saturated carbocycles. The van der Waals surface area contributed by atoms with Crippen molar-refractivity contribution >= 4 is 27.5 Å². The van der Waals surface area contributed by atoms with Gasteiger partial charge in [0, 0.05) is 15.0 Å². The van der Waals surface area contributed by atoms with Crippen molar-refractivity contribution in [1.29, 1.82) is 0 Å². The Morgan fingerprint density at radius 2 is 2.17 bits per heavy atom. The van der Waals surface area contributed by atoms with Crippen molar-refractivity contribution in [2.75, 3.05) is 0 Å². The van der Waals surface area contributed by atoms with Crippen LogP contribution < -0.4 is 5.73 Å². The lowest BCUT2D eigenvalue weighted by atomic mass is 9.68. The molecule has 0 aromatic heterocycles. The van der Waals surface area contributed by atoms with E-state index in [1.807, 2.05) is 12.1 Å². The Morgan fingerprint density at radius 3 is 2.78 bits per heavy atom. The fourth-order valence-corrected chi connectivity index (χ4v) is 3.74. The average molecular weight is 331 g/mol. The topological polar surface area (TPSA) is 26.0 Å². The molecular weight excluding hydrogens is 310 g/mol. The smallest absolute Gasteiger partial charge is 0.0449 e. The Balaban J connectivity index is 2.17. The number of rotatable bonds is 2. The summed E-state index contributed by atoms with van der Waals surface area (Å²) in [5.74, 6) is 1.36. The Morgan fingerprint density at radius 1 is 1.44 bits per heavy atom. The van der Waals surface area contributed by atoms with E-state index in [0.29, 0.717) is 5.92 Å². The van der Waals surface area contributed by atoms with E-state index in [-0.39, 0.29) is 5.54 Å². The van der Waals surface area contributed by atoms with Gasteiger partial charge in [-0.3, -0.25) is 0 Å². The Kier molecular flexibility index (Phi) is 4.40. The molecule has 100 valence electrons. The first kappa shape index (κ1) is 14.4. The number of halogens is 2. The highest BCUT2D eigenvalue weighted by Gasteiger charge is 2.37. The first-order chi connectivity index (χ1) is 8.40. The molecule has 2 N–H and O–H groups in total. The lowest BCUT2D eigenvalue weighted by molar-refractivity contribution is 0.163. The van der Waals surface area contributed by atoms with Crippen molar-refractivity contribution in [2.24, 2.45) is 17.6 Å². The Labute approximate surface area is 123 Å². The molecule has 0 heterocycles. The summed E-state index contributed by atoms with van der Waals surface area (Å²) in [6.07, 6.45) is 4.44. The minimum Gasteiger partial charge on any atom is -0.325 e. The largest absolute Gasteiger partial charge is 0.325 e. The van der Waals surface area contributed by atoms with Gasteiger partial charge in [-0.15, -0.1) is 0 Å². The third kappa shape index (κ3) is 3.09. The summed E-state index contributed by atoms with van der Waals surface area (Å²) in [5, 5.41) is 0.819. The number of hydrogen-bond donors (Lipinski definition) is 1. The standard InChI is InChI=1S/C15H21BrClN/c1-10-5-6-15(18,11(2)7-10)9-12-3-4-13(16)8-14(12)17/h3-4,8,10-11H,5-7,9,18H2,1-2H3. The second kappa shape index (κ2) is 5.52. The molecule has 18 heavy (non-hydrogen) atoms. The molecular formula is C15H21BrClN. The van der Waals surface area contributed by atoms with Crippen LogP contribution in [0.4, 0.5) is 0 Å². The number of hydrogen-bond acceptors (Lipinski definition) is 1. The summed E-state index contributed by atoms with van der Waals surface area (Å²) in [7, 11) is 0. The molecule has 0 spiro atoms. The summed E-state index contributed by atoms with van der Waals surface area (Å²) in [5.41, 5.74) is 7.71. The molecule has 3 atom stereocenters. The molecule has 0 bridgehead atoms. The summed E-state index contributed by atoms with van der Waals surface area (Å²) in [6, 6.07) is 6.09. The molecule has 3 unspecified atom stereocenters. The molecule has 0 amide bonds. The van der Waals surface area contributed by atoms with Crippen LogP contribution in [0, 0.1) is 11.8 Å². The highest BCUT2D eigenvalue weighted by Crippen LogP contribution is 2.38. The van der Waals surface area contributed by atoms with Crippen LogP contribution in [0.2, 0.25) is 5.02 Å². The molecule has 1 aliphatic carbocycles. The fourth-order valence-electron chi connectivity index (χ4n) is 3.00. The van der Waals surface area contributed by atoms with Crippen LogP contribution in [0.25, 0.3) is 0 Å². The zero-order valence-corrected chi connectivity index (χ0v) is 13.4. The van der Waals surface area contributed by atoms with Gasteiger partial charge in [0.1, 0.15) is 0 Å². The molecule has 1 aliphatic rings. The highest BCUT2D eigenvalue weighted by molar-refractivity contribution is 9.10. The van der Waals surface area contributed by atoms with Crippen LogP contribution in [0.15, 0.2) is 22.7 Å². The zero-order chi connectivity index (χ0) is 13.3. The molecule has 1 fully saturated rings. The zero-order valence-electron chi connectivity index (χ0n) is 11.0. The maximum atomic E-state index is 6.63. The third-order valence-electron chi connectivity index (χ3n) is 4.37. The average Bonchev–Trinajstić information content (AvgIpc) is 2.29. The van der Waals surface area contributed by atoms with Gasteiger partial charge in [-0.05, 0) is 55.2 Å². The Hall–Kier alpha value is -0.0500. The predicted octanol–water partition coefficient (Wildman–Crippen LogP) is 4.80. The van der Waals surface area contributed by atoms with Crippen molar-refractivity contribution in [2.45, 2.75) is 45.1 Å². The lowest BCUT2D eigenvalue weighted by Gasteiger charge is -2.42. The normalized spacial score (nSPS) is 32.5. The SMILES string of the molecule is CC1CCC(N)(Cc2ccc(Br)cc2Cl)C(C)C1. The van der Waals surface area contributed by atoms with Gasteiger partial charge in [-0.1, -0.05) is 47.4 Å². The first-order valence-electron chi connectivity index (χ1n) is 6.63. The van der Waals surface area contributed by atoms with Crippen molar-refractivity contribution in [1.82, 2.24) is 0 Å². The van der Waals surface area contributed by atoms with Crippen LogP contribution in [0.3, 0.4) is 0 Å². The fraction of sp³-hybridized carbons (Fsp3) is 0.600. The van der Waals surface area contributed by atoms with Crippen LogP contribution in [-0.2, 0) is 6.42 Å². The highest BCUT2D eigenvalue weighted by atomic mass is 79.9.